The van der Waals surface area contributed by atoms with Gasteiger partial charge in [0, 0.05) is 66.4 Å². The van der Waals surface area contributed by atoms with E-state index in [0.29, 0.717) is 0 Å². The molecular weight excluding hydrogens is 712 g/mol. The minimum atomic E-state index is -0.00508. The van der Waals surface area contributed by atoms with E-state index in [1.807, 2.05) is 11.3 Å². The van der Waals surface area contributed by atoms with Crippen molar-refractivity contribution >= 4 is 118 Å². The van der Waals surface area contributed by atoms with Crippen LogP contribution in [0.15, 0.2) is 188 Å². The number of ether oxygens (including phenoxy) is 1. The molecule has 1 aromatic heterocycles. The van der Waals surface area contributed by atoms with E-state index in [1.54, 1.807) is 0 Å². The molecular formula is C50H31B2N3OS. The van der Waals surface area contributed by atoms with Gasteiger partial charge in [0.05, 0.1) is 5.69 Å². The second-order valence-electron chi connectivity index (χ2n) is 15.2. The fourth-order valence-corrected chi connectivity index (χ4v) is 11.4. The summed E-state index contributed by atoms with van der Waals surface area (Å²) < 4.78 is 9.77. The molecule has 7 heteroatoms. The van der Waals surface area contributed by atoms with E-state index in [2.05, 4.69) is 203 Å². The Morgan fingerprint density at radius 2 is 0.947 bits per heavy atom. The molecule has 0 saturated heterocycles. The van der Waals surface area contributed by atoms with Crippen molar-refractivity contribution in [2.75, 3.05) is 14.7 Å². The van der Waals surface area contributed by atoms with Gasteiger partial charge < -0.3 is 19.4 Å². The zero-order chi connectivity index (χ0) is 37.2. The monoisotopic (exact) mass is 743 g/mol. The fraction of sp³-hybridized carbons (Fsp3) is 0. The lowest BCUT2D eigenvalue weighted by Gasteiger charge is -2.44. The van der Waals surface area contributed by atoms with E-state index < -0.39 is 0 Å². The number of para-hydroxylation sites is 4. The van der Waals surface area contributed by atoms with E-state index in [1.165, 1.54) is 64.9 Å². The van der Waals surface area contributed by atoms with Crippen molar-refractivity contribution in [1.82, 2.24) is 0 Å². The van der Waals surface area contributed by atoms with Crippen molar-refractivity contribution in [3.8, 4) is 11.5 Å². The van der Waals surface area contributed by atoms with Crippen LogP contribution in [0.1, 0.15) is 0 Å². The Morgan fingerprint density at radius 1 is 0.386 bits per heavy atom. The summed E-state index contributed by atoms with van der Waals surface area (Å²) in [5, 5.41) is 1.28. The predicted molar refractivity (Wildman–Crippen MR) is 242 cm³/mol. The molecule has 8 aromatic carbocycles. The molecule has 4 aliphatic heterocycles. The lowest BCUT2D eigenvalue weighted by molar-refractivity contribution is 0.488. The number of rotatable bonds is 3. The van der Waals surface area contributed by atoms with Gasteiger partial charge in [-0.3, -0.25) is 0 Å². The van der Waals surface area contributed by atoms with E-state index in [4.69, 9.17) is 4.74 Å². The summed E-state index contributed by atoms with van der Waals surface area (Å²) >= 11 is 1.93. The van der Waals surface area contributed by atoms with Gasteiger partial charge in [-0.05, 0) is 100 Å². The smallest absolute Gasteiger partial charge is 0.264 e. The Labute approximate surface area is 335 Å². The second kappa shape index (κ2) is 11.8. The van der Waals surface area contributed by atoms with Gasteiger partial charge in [-0.2, -0.15) is 0 Å². The van der Waals surface area contributed by atoms with Crippen LogP contribution < -0.4 is 51.5 Å². The van der Waals surface area contributed by atoms with Crippen LogP contribution in [0, 0.1) is 0 Å². The van der Waals surface area contributed by atoms with Crippen molar-refractivity contribution in [2.45, 2.75) is 0 Å². The minimum Gasteiger partial charge on any atom is -0.458 e. The highest BCUT2D eigenvalue weighted by Crippen LogP contribution is 2.48. The molecule has 9 aromatic rings. The summed E-state index contributed by atoms with van der Waals surface area (Å²) in [5.41, 5.74) is 16.9. The second-order valence-corrected chi connectivity index (χ2v) is 16.3. The molecule has 0 spiro atoms. The molecule has 0 unspecified atom stereocenters. The van der Waals surface area contributed by atoms with Gasteiger partial charge in [-0.25, -0.2) is 0 Å². The lowest BCUT2D eigenvalue weighted by atomic mass is 9.31. The molecule has 0 amide bonds. The van der Waals surface area contributed by atoms with E-state index in [-0.39, 0.29) is 13.4 Å². The summed E-state index contributed by atoms with van der Waals surface area (Å²) in [7, 11) is 0. The van der Waals surface area contributed by atoms with Gasteiger partial charge in [0.25, 0.3) is 13.4 Å². The zero-order valence-electron chi connectivity index (χ0n) is 30.7. The molecule has 0 radical (unpaired) electrons. The van der Waals surface area contributed by atoms with Gasteiger partial charge in [0.15, 0.2) is 0 Å². The predicted octanol–water partition coefficient (Wildman–Crippen LogP) is 9.39. The van der Waals surface area contributed by atoms with Crippen molar-refractivity contribution < 1.29 is 4.74 Å². The first-order chi connectivity index (χ1) is 28.3. The summed E-state index contributed by atoms with van der Waals surface area (Å²) in [6, 6.07) is 68.5. The summed E-state index contributed by atoms with van der Waals surface area (Å²) in [5.74, 6) is 1.82. The highest BCUT2D eigenvalue weighted by atomic mass is 32.1. The Morgan fingerprint density at radius 3 is 1.68 bits per heavy atom. The normalized spacial score (nSPS) is 13.9. The number of hydrogen-bond donors (Lipinski definition) is 0. The molecule has 5 heterocycles. The molecule has 0 bridgehead atoms. The average molecular weight is 744 g/mol. The zero-order valence-corrected chi connectivity index (χ0v) is 31.5. The van der Waals surface area contributed by atoms with Crippen molar-refractivity contribution in [3.05, 3.63) is 188 Å². The van der Waals surface area contributed by atoms with Gasteiger partial charge in [0.2, 0.25) is 0 Å². The van der Waals surface area contributed by atoms with Crippen LogP contribution in [-0.2, 0) is 0 Å². The van der Waals surface area contributed by atoms with Crippen LogP contribution in [0.5, 0.6) is 11.5 Å². The van der Waals surface area contributed by atoms with Crippen molar-refractivity contribution in [2.24, 2.45) is 0 Å². The van der Waals surface area contributed by atoms with Crippen molar-refractivity contribution in [3.63, 3.8) is 0 Å². The molecule has 264 valence electrons. The summed E-state index contributed by atoms with van der Waals surface area (Å²) in [6.07, 6.45) is 0. The van der Waals surface area contributed by atoms with Crippen LogP contribution in [-0.4, -0.2) is 13.4 Å². The van der Waals surface area contributed by atoms with Crippen LogP contribution in [0.3, 0.4) is 0 Å². The van der Waals surface area contributed by atoms with Gasteiger partial charge in [0.1, 0.15) is 11.5 Å². The molecule has 0 aliphatic carbocycles. The molecule has 0 saturated carbocycles. The number of nitrogens with zero attached hydrogens (tertiary/aromatic N) is 3. The Hall–Kier alpha value is -6.95. The first-order valence-corrected chi connectivity index (χ1v) is 20.4. The van der Waals surface area contributed by atoms with E-state index >= 15 is 0 Å². The maximum atomic E-state index is 7.10. The maximum absolute atomic E-state index is 7.10. The molecule has 0 N–H and O–H groups in total. The van der Waals surface area contributed by atoms with Crippen LogP contribution in [0.2, 0.25) is 0 Å². The third-order valence-electron chi connectivity index (χ3n) is 12.3. The number of fused-ring (bicyclic) bond motifs is 10. The van der Waals surface area contributed by atoms with Crippen molar-refractivity contribution in [1.29, 1.82) is 0 Å². The number of anilines is 9. The van der Waals surface area contributed by atoms with E-state index in [9.17, 15) is 0 Å². The SMILES string of the molecule is c1ccc(N2c3ccccc3B3c4cc5c(cc4Oc4cccc2c43)N(c2ccccc2)c2cccc3c2B5c2sc4ccccc4c2N3c2ccccc2)cc1. The largest absolute Gasteiger partial charge is 0.458 e. The summed E-state index contributed by atoms with van der Waals surface area (Å²) in [6.45, 7) is 0.00892. The quantitative estimate of drug-likeness (QED) is 0.168. The van der Waals surface area contributed by atoms with Gasteiger partial charge in [-0.15, -0.1) is 11.3 Å². The Kier molecular flexibility index (Phi) is 6.46. The third kappa shape index (κ3) is 4.29. The number of benzene rings is 8. The highest BCUT2D eigenvalue weighted by Gasteiger charge is 2.48. The third-order valence-corrected chi connectivity index (χ3v) is 13.5. The van der Waals surface area contributed by atoms with Gasteiger partial charge in [-0.1, -0.05) is 109 Å². The lowest BCUT2D eigenvalue weighted by Crippen LogP contribution is -2.63. The van der Waals surface area contributed by atoms with Crippen LogP contribution in [0.4, 0.5) is 51.2 Å². The van der Waals surface area contributed by atoms with Gasteiger partial charge >= 0.3 is 0 Å². The first-order valence-electron chi connectivity index (χ1n) is 19.6. The molecule has 0 fully saturated rings. The average Bonchev–Trinajstić information content (AvgIpc) is 3.66. The van der Waals surface area contributed by atoms with Crippen LogP contribution in [0.25, 0.3) is 10.1 Å². The minimum absolute atomic E-state index is 0.00508. The topological polar surface area (TPSA) is 19.0 Å². The standard InChI is InChI=1S/C50H31B2N3OS/c1-4-16-32(17-5-1)53-39-24-12-11-23-36(39)51-38-30-37-43(31-45(38)56-44-28-15-27-42(53)48(44)51)54(33-18-6-2-7-19-33)40-25-14-26-41-47(40)52(37)50-49(35-22-10-13-29-46(35)57-50)55(41)34-20-8-3-9-21-34/h1-31H. The van der Waals surface area contributed by atoms with Crippen LogP contribution >= 0.6 is 11.3 Å². The fourth-order valence-electron chi connectivity index (χ4n) is 10.0. The number of thiophene rings is 1. The summed E-state index contributed by atoms with van der Waals surface area (Å²) in [4.78, 5) is 7.38. The number of hydrogen-bond acceptors (Lipinski definition) is 5. The molecule has 13 rings (SSSR count). The molecule has 4 nitrogen and oxygen atoms in total. The first kappa shape index (κ1) is 31.3. The maximum Gasteiger partial charge on any atom is 0.264 e. The Bertz CT molecular complexity index is 3100. The highest BCUT2D eigenvalue weighted by molar-refractivity contribution is 7.33. The molecule has 57 heavy (non-hydrogen) atoms. The van der Waals surface area contributed by atoms with E-state index in [0.717, 1.165) is 39.9 Å². The molecule has 4 aliphatic rings. The Balaban J connectivity index is 1.11. The molecule has 0 atom stereocenters.